The van der Waals surface area contributed by atoms with Crippen LogP contribution in [0.1, 0.15) is 11.1 Å². The first-order valence-corrected chi connectivity index (χ1v) is 12.8. The number of rotatable bonds is 13. The first-order valence-electron chi connectivity index (χ1n) is 12.8. The second-order valence-electron chi connectivity index (χ2n) is 10.3. The van der Waals surface area contributed by atoms with Crippen molar-refractivity contribution in [1.29, 1.82) is 0 Å². The summed E-state index contributed by atoms with van der Waals surface area (Å²) in [4.78, 5) is 20.5. The van der Waals surface area contributed by atoms with Gasteiger partial charge in [-0.25, -0.2) is 9.97 Å². The highest BCUT2D eigenvalue weighted by atomic mass is 16.5. The zero-order valence-corrected chi connectivity index (χ0v) is 22.5. The molecule has 0 saturated heterocycles. The van der Waals surface area contributed by atoms with E-state index in [1.165, 1.54) is 6.33 Å². The Balaban J connectivity index is 1.38. The minimum atomic E-state index is -1.22. The van der Waals surface area contributed by atoms with Crippen LogP contribution in [0.4, 0.5) is 5.82 Å². The van der Waals surface area contributed by atoms with Crippen molar-refractivity contribution < 1.29 is 23.9 Å². The lowest BCUT2D eigenvalue weighted by Crippen LogP contribution is -2.42. The van der Waals surface area contributed by atoms with E-state index in [0.29, 0.717) is 30.5 Å². The standard InChI is InChI=1S/C31H34N4O4/c1-35(2,3)16-17-38-27-11-7-10-24(18-27)19-29(31(36)37)34-30-20-28(32-22-33-30)25-12-14-26(15-13-25)39-21-23-8-5-4-6-9-23/h4-15,18,20,22,29H,16-17,19,21H2,1-3H3,(H-,32,33,34,36,37)/t29-/m0/s1. The second kappa shape index (κ2) is 12.9. The predicted octanol–water partition coefficient (Wildman–Crippen LogP) is 3.58. The molecular formula is C31H34N4O4. The first kappa shape index (κ1) is 27.6. The summed E-state index contributed by atoms with van der Waals surface area (Å²) in [5.41, 5.74) is 3.43. The molecule has 0 spiro atoms. The van der Waals surface area contributed by atoms with E-state index in [1.54, 1.807) is 6.07 Å². The van der Waals surface area contributed by atoms with Crippen LogP contribution in [0.25, 0.3) is 11.3 Å². The number of nitrogens with zero attached hydrogens (tertiary/aromatic N) is 3. The Hall–Kier alpha value is -4.43. The SMILES string of the molecule is C[N+](C)(C)CCOc1cccc(C[C@H](Nc2cc(-c3ccc(OCc4ccccc4)cc3)ncn2)C(=O)[O-])c1. The number of carbonyl (C=O) groups is 1. The van der Waals surface area contributed by atoms with E-state index < -0.39 is 12.0 Å². The van der Waals surface area contributed by atoms with Gasteiger partial charge in [0.25, 0.3) is 0 Å². The lowest BCUT2D eigenvalue weighted by atomic mass is 10.1. The number of nitrogens with one attached hydrogen (secondary N) is 1. The lowest BCUT2D eigenvalue weighted by molar-refractivity contribution is -0.870. The molecule has 0 unspecified atom stereocenters. The molecule has 0 aliphatic rings. The quantitative estimate of drug-likeness (QED) is 0.266. The molecule has 4 aromatic rings. The maximum atomic E-state index is 12.0. The van der Waals surface area contributed by atoms with Gasteiger partial charge in [0.1, 0.15) is 43.4 Å². The normalized spacial score (nSPS) is 12.0. The van der Waals surface area contributed by atoms with Gasteiger partial charge in [-0.1, -0.05) is 42.5 Å². The van der Waals surface area contributed by atoms with Gasteiger partial charge >= 0.3 is 0 Å². The Labute approximate surface area is 229 Å². The van der Waals surface area contributed by atoms with E-state index >= 15 is 0 Å². The van der Waals surface area contributed by atoms with E-state index in [0.717, 1.165) is 33.5 Å². The number of quaternary nitrogens is 1. The molecule has 0 saturated carbocycles. The molecule has 0 radical (unpaired) electrons. The molecule has 0 amide bonds. The van der Waals surface area contributed by atoms with Crippen molar-refractivity contribution in [3.63, 3.8) is 0 Å². The molecule has 8 heteroatoms. The summed E-state index contributed by atoms with van der Waals surface area (Å²) in [5.74, 6) is 0.634. The van der Waals surface area contributed by atoms with E-state index in [9.17, 15) is 9.90 Å². The fraction of sp³-hybridized carbons (Fsp3) is 0.258. The second-order valence-corrected chi connectivity index (χ2v) is 10.3. The molecule has 0 aliphatic carbocycles. The van der Waals surface area contributed by atoms with Crippen LogP contribution in [0.3, 0.4) is 0 Å². The van der Waals surface area contributed by atoms with E-state index in [2.05, 4.69) is 36.4 Å². The topological polar surface area (TPSA) is 96.4 Å². The lowest BCUT2D eigenvalue weighted by Gasteiger charge is -2.24. The minimum absolute atomic E-state index is 0.210. The summed E-state index contributed by atoms with van der Waals surface area (Å²) >= 11 is 0. The van der Waals surface area contributed by atoms with Gasteiger partial charge in [0.2, 0.25) is 0 Å². The summed E-state index contributed by atoms with van der Waals surface area (Å²) in [5, 5.41) is 15.0. The molecule has 1 aromatic heterocycles. The number of carbonyl (C=O) groups excluding carboxylic acids is 1. The molecule has 0 fully saturated rings. The number of anilines is 1. The number of carboxylic acids is 1. The van der Waals surface area contributed by atoms with Crippen LogP contribution >= 0.6 is 0 Å². The Bertz CT molecular complexity index is 1360. The smallest absolute Gasteiger partial charge is 0.137 e. The Morgan fingerprint density at radius 1 is 0.872 bits per heavy atom. The third-order valence-electron chi connectivity index (χ3n) is 6.04. The summed E-state index contributed by atoms with van der Waals surface area (Å²) in [6.07, 6.45) is 1.62. The van der Waals surface area contributed by atoms with Crippen LogP contribution in [0.5, 0.6) is 11.5 Å². The summed E-state index contributed by atoms with van der Waals surface area (Å²) in [6.45, 7) is 1.91. The van der Waals surface area contributed by atoms with Gasteiger partial charge in [-0.2, -0.15) is 0 Å². The van der Waals surface area contributed by atoms with Gasteiger partial charge in [-0.05, 0) is 53.9 Å². The first-order chi connectivity index (χ1) is 18.7. The van der Waals surface area contributed by atoms with Crippen molar-refractivity contribution in [1.82, 2.24) is 9.97 Å². The highest BCUT2D eigenvalue weighted by Crippen LogP contribution is 2.23. The predicted molar refractivity (Wildman–Crippen MR) is 149 cm³/mol. The molecule has 1 N–H and O–H groups in total. The van der Waals surface area contributed by atoms with Crippen molar-refractivity contribution in [2.24, 2.45) is 0 Å². The number of aliphatic carboxylic acids is 1. The van der Waals surface area contributed by atoms with Crippen molar-refractivity contribution in [3.05, 3.63) is 102 Å². The number of hydrogen-bond acceptors (Lipinski definition) is 7. The van der Waals surface area contributed by atoms with Gasteiger partial charge < -0.3 is 29.2 Å². The molecule has 4 rings (SSSR count). The molecule has 1 heterocycles. The molecule has 0 bridgehead atoms. The van der Waals surface area contributed by atoms with Crippen LogP contribution in [-0.4, -0.2) is 60.8 Å². The van der Waals surface area contributed by atoms with E-state index in [1.807, 2.05) is 78.9 Å². The van der Waals surface area contributed by atoms with Crippen LogP contribution in [0.15, 0.2) is 91.3 Å². The van der Waals surface area contributed by atoms with Crippen molar-refractivity contribution in [3.8, 4) is 22.8 Å². The minimum Gasteiger partial charge on any atom is -0.548 e. The monoisotopic (exact) mass is 526 g/mol. The third kappa shape index (κ3) is 8.83. The Morgan fingerprint density at radius 3 is 2.33 bits per heavy atom. The molecule has 1 atom stereocenters. The number of benzene rings is 3. The number of aromatic nitrogens is 2. The van der Waals surface area contributed by atoms with Gasteiger partial charge in [0.05, 0.1) is 38.8 Å². The number of ether oxygens (including phenoxy) is 2. The average Bonchev–Trinajstić information content (AvgIpc) is 2.92. The van der Waals surface area contributed by atoms with E-state index in [-0.39, 0.29) is 6.42 Å². The van der Waals surface area contributed by atoms with E-state index in [4.69, 9.17) is 9.47 Å². The van der Waals surface area contributed by atoms with Crippen LogP contribution < -0.4 is 19.9 Å². The number of carboxylic acid groups (broad SMARTS) is 1. The Kier molecular flexibility index (Phi) is 9.12. The average molecular weight is 527 g/mol. The van der Waals surface area contributed by atoms with Crippen molar-refractivity contribution >= 4 is 11.8 Å². The Morgan fingerprint density at radius 2 is 1.62 bits per heavy atom. The van der Waals surface area contributed by atoms with Crippen molar-refractivity contribution in [2.45, 2.75) is 19.1 Å². The molecule has 3 aromatic carbocycles. The molecule has 0 aliphatic heterocycles. The molecular weight excluding hydrogens is 492 g/mol. The van der Waals surface area contributed by atoms with Crippen LogP contribution in [-0.2, 0) is 17.8 Å². The molecule has 8 nitrogen and oxygen atoms in total. The number of likely N-dealkylation sites (N-methyl/N-ethyl adjacent to an activating group) is 1. The zero-order valence-electron chi connectivity index (χ0n) is 22.5. The maximum absolute atomic E-state index is 12.0. The van der Waals surface area contributed by atoms with Gasteiger partial charge in [0, 0.05) is 11.6 Å². The molecule has 39 heavy (non-hydrogen) atoms. The highest BCUT2D eigenvalue weighted by Gasteiger charge is 2.14. The highest BCUT2D eigenvalue weighted by molar-refractivity contribution is 5.76. The maximum Gasteiger partial charge on any atom is 0.137 e. The zero-order chi connectivity index (χ0) is 27.7. The van der Waals surface area contributed by atoms with Gasteiger partial charge in [-0.15, -0.1) is 0 Å². The van der Waals surface area contributed by atoms with Crippen LogP contribution in [0, 0.1) is 0 Å². The fourth-order valence-electron chi connectivity index (χ4n) is 3.86. The summed E-state index contributed by atoms with van der Waals surface area (Å²) < 4.78 is 12.5. The van der Waals surface area contributed by atoms with Gasteiger partial charge in [0.15, 0.2) is 0 Å². The molecule has 202 valence electrons. The third-order valence-corrected chi connectivity index (χ3v) is 6.04. The fourth-order valence-corrected chi connectivity index (χ4v) is 3.86. The summed E-state index contributed by atoms with van der Waals surface area (Å²) in [6, 6.07) is 25.7. The number of hydrogen-bond donors (Lipinski definition) is 1. The van der Waals surface area contributed by atoms with Gasteiger partial charge in [-0.3, -0.25) is 0 Å². The van der Waals surface area contributed by atoms with Crippen molar-refractivity contribution in [2.75, 3.05) is 39.6 Å². The summed E-state index contributed by atoms with van der Waals surface area (Å²) in [7, 11) is 6.31. The van der Waals surface area contributed by atoms with Crippen LogP contribution in [0.2, 0.25) is 0 Å². The largest absolute Gasteiger partial charge is 0.548 e.